The Morgan fingerprint density at radius 3 is 3.00 bits per heavy atom. The lowest BCUT2D eigenvalue weighted by Gasteiger charge is -2.29. The highest BCUT2D eigenvalue weighted by Gasteiger charge is 2.23. The van der Waals surface area contributed by atoms with Crippen molar-refractivity contribution in [2.75, 3.05) is 13.6 Å². The molecule has 0 spiro atoms. The molecule has 0 radical (unpaired) electrons. The van der Waals surface area contributed by atoms with E-state index in [9.17, 15) is 4.79 Å². The van der Waals surface area contributed by atoms with E-state index in [1.54, 1.807) is 0 Å². The summed E-state index contributed by atoms with van der Waals surface area (Å²) in [6, 6.07) is 0. The number of rotatable bonds is 2. The predicted octanol–water partition coefficient (Wildman–Crippen LogP) is 1.06. The third-order valence-corrected chi connectivity index (χ3v) is 3.14. The van der Waals surface area contributed by atoms with Crippen molar-refractivity contribution in [3.05, 3.63) is 18.2 Å². The van der Waals surface area contributed by atoms with E-state index in [4.69, 9.17) is 0 Å². The number of hydrogen-bond donors (Lipinski definition) is 0. The van der Waals surface area contributed by atoms with Gasteiger partial charge in [0.1, 0.15) is 0 Å². The highest BCUT2D eigenvalue weighted by Crippen LogP contribution is 2.19. The minimum atomic E-state index is 0.268. The molecule has 1 aromatic rings. The molecule has 1 aliphatic heterocycles. The van der Waals surface area contributed by atoms with E-state index in [1.807, 2.05) is 31.4 Å². The molecule has 1 atom stereocenters. The highest BCUT2D eigenvalue weighted by atomic mass is 16.2. The molecule has 2 heterocycles. The molecule has 4 nitrogen and oxygen atoms in total. The number of likely N-dealkylation sites (tertiary alicyclic amines) is 1. The first-order valence-corrected chi connectivity index (χ1v) is 5.37. The van der Waals surface area contributed by atoms with Crippen molar-refractivity contribution in [3.8, 4) is 0 Å². The molecular formula is C11H17N3O. The van der Waals surface area contributed by atoms with Gasteiger partial charge < -0.3 is 9.47 Å². The molecular weight excluding hydrogens is 190 g/mol. The molecule has 0 aromatic carbocycles. The summed E-state index contributed by atoms with van der Waals surface area (Å²) >= 11 is 0. The van der Waals surface area contributed by atoms with Crippen molar-refractivity contribution in [2.24, 2.45) is 5.92 Å². The molecule has 0 N–H and O–H groups in total. The lowest BCUT2D eigenvalue weighted by atomic mass is 9.96. The lowest BCUT2D eigenvalue weighted by molar-refractivity contribution is -0.133. The molecule has 15 heavy (non-hydrogen) atoms. The summed E-state index contributed by atoms with van der Waals surface area (Å²) in [4.78, 5) is 17.4. The Morgan fingerprint density at radius 1 is 1.60 bits per heavy atom. The van der Waals surface area contributed by atoms with Gasteiger partial charge in [-0.1, -0.05) is 0 Å². The quantitative estimate of drug-likeness (QED) is 0.727. The van der Waals surface area contributed by atoms with Crippen LogP contribution in [0.2, 0.25) is 0 Å². The van der Waals surface area contributed by atoms with Gasteiger partial charge in [-0.25, -0.2) is 4.98 Å². The predicted molar refractivity (Wildman–Crippen MR) is 57.3 cm³/mol. The number of piperidine rings is 1. The second-order valence-corrected chi connectivity index (χ2v) is 4.36. The maximum Gasteiger partial charge on any atom is 0.222 e. The second kappa shape index (κ2) is 4.04. The van der Waals surface area contributed by atoms with Crippen molar-refractivity contribution < 1.29 is 4.79 Å². The maximum absolute atomic E-state index is 11.5. The maximum atomic E-state index is 11.5. The number of amides is 1. The number of imidazole rings is 1. The zero-order chi connectivity index (χ0) is 10.8. The Labute approximate surface area is 89.9 Å². The van der Waals surface area contributed by atoms with Crippen molar-refractivity contribution in [2.45, 2.75) is 26.3 Å². The molecule has 0 bridgehead atoms. The number of carbonyl (C=O) groups excluding carboxylic acids is 1. The average molecular weight is 207 g/mol. The van der Waals surface area contributed by atoms with Crippen molar-refractivity contribution >= 4 is 5.91 Å². The van der Waals surface area contributed by atoms with Gasteiger partial charge in [0, 0.05) is 38.4 Å². The van der Waals surface area contributed by atoms with Crippen LogP contribution < -0.4 is 0 Å². The third-order valence-electron chi connectivity index (χ3n) is 3.14. The normalized spacial score (nSPS) is 22.1. The Kier molecular flexibility index (Phi) is 2.75. The van der Waals surface area contributed by atoms with Gasteiger partial charge in [0.25, 0.3) is 0 Å². The largest absolute Gasteiger partial charge is 0.346 e. The van der Waals surface area contributed by atoms with E-state index in [2.05, 4.69) is 9.55 Å². The van der Waals surface area contributed by atoms with Gasteiger partial charge in [-0.05, 0) is 19.3 Å². The minimum absolute atomic E-state index is 0.268. The van der Waals surface area contributed by atoms with Crippen LogP contribution in [-0.4, -0.2) is 34.0 Å². The van der Waals surface area contributed by atoms with Crippen LogP contribution in [0.5, 0.6) is 0 Å². The number of aryl methyl sites for hydroxylation is 1. The van der Waals surface area contributed by atoms with Gasteiger partial charge >= 0.3 is 0 Å². The molecule has 1 aliphatic rings. The Bertz CT molecular complexity index is 358. The summed E-state index contributed by atoms with van der Waals surface area (Å²) in [5, 5.41) is 0. The third kappa shape index (κ3) is 2.19. The summed E-state index contributed by atoms with van der Waals surface area (Å²) in [7, 11) is 1.88. The van der Waals surface area contributed by atoms with Crippen LogP contribution in [0.1, 0.15) is 18.5 Å². The van der Waals surface area contributed by atoms with Gasteiger partial charge in [-0.2, -0.15) is 0 Å². The first-order chi connectivity index (χ1) is 7.16. The van der Waals surface area contributed by atoms with Gasteiger partial charge in [0.2, 0.25) is 5.91 Å². The van der Waals surface area contributed by atoms with Crippen LogP contribution in [-0.2, 0) is 11.3 Å². The van der Waals surface area contributed by atoms with Crippen LogP contribution in [0.3, 0.4) is 0 Å². The topological polar surface area (TPSA) is 38.1 Å². The smallest absolute Gasteiger partial charge is 0.222 e. The van der Waals surface area contributed by atoms with E-state index in [1.165, 1.54) is 5.69 Å². The Balaban J connectivity index is 1.96. The van der Waals surface area contributed by atoms with Gasteiger partial charge in [0.05, 0.1) is 6.33 Å². The van der Waals surface area contributed by atoms with Gasteiger partial charge in [-0.3, -0.25) is 4.79 Å². The summed E-state index contributed by atoms with van der Waals surface area (Å²) in [5.74, 6) is 0.741. The lowest BCUT2D eigenvalue weighted by Crippen LogP contribution is -2.36. The van der Waals surface area contributed by atoms with Crippen molar-refractivity contribution in [3.63, 3.8) is 0 Å². The molecule has 2 rings (SSSR count). The number of carbonyl (C=O) groups is 1. The molecule has 0 aliphatic carbocycles. The van der Waals surface area contributed by atoms with Crippen LogP contribution in [0.15, 0.2) is 12.5 Å². The number of nitrogens with zero attached hydrogens (tertiary/aromatic N) is 3. The summed E-state index contributed by atoms with van der Waals surface area (Å²) in [6.45, 7) is 3.85. The second-order valence-electron chi connectivity index (χ2n) is 4.36. The number of hydrogen-bond acceptors (Lipinski definition) is 2. The zero-order valence-corrected chi connectivity index (χ0v) is 9.31. The van der Waals surface area contributed by atoms with E-state index >= 15 is 0 Å². The molecule has 82 valence electrons. The molecule has 4 heteroatoms. The molecule has 1 aromatic heterocycles. The summed E-state index contributed by atoms with van der Waals surface area (Å²) < 4.78 is 2.13. The average Bonchev–Trinajstić information content (AvgIpc) is 2.59. The van der Waals surface area contributed by atoms with Gasteiger partial charge in [-0.15, -0.1) is 0 Å². The van der Waals surface area contributed by atoms with Gasteiger partial charge in [0.15, 0.2) is 0 Å². The molecule has 1 saturated heterocycles. The Morgan fingerprint density at radius 2 is 2.40 bits per heavy atom. The Hall–Kier alpha value is -1.32. The fourth-order valence-electron chi connectivity index (χ4n) is 2.02. The van der Waals surface area contributed by atoms with Crippen LogP contribution in [0.4, 0.5) is 0 Å². The fraction of sp³-hybridized carbons (Fsp3) is 0.636. The highest BCUT2D eigenvalue weighted by molar-refractivity contribution is 5.76. The summed E-state index contributed by atoms with van der Waals surface area (Å²) in [5.41, 5.74) is 1.17. The number of aromatic nitrogens is 2. The standard InChI is InChI=1S/C11H17N3O/c1-9-6-12-8-14(9)7-10-3-4-13(2)11(15)5-10/h6,8,10H,3-5,7H2,1-2H3. The molecule has 0 saturated carbocycles. The van der Waals surface area contributed by atoms with Crippen LogP contribution in [0.25, 0.3) is 0 Å². The van der Waals surface area contributed by atoms with Crippen molar-refractivity contribution in [1.29, 1.82) is 0 Å². The first kappa shape index (κ1) is 10.2. The zero-order valence-electron chi connectivity index (χ0n) is 9.31. The van der Waals surface area contributed by atoms with E-state index in [0.29, 0.717) is 12.3 Å². The minimum Gasteiger partial charge on any atom is -0.346 e. The molecule has 1 fully saturated rings. The fourth-order valence-corrected chi connectivity index (χ4v) is 2.02. The monoisotopic (exact) mass is 207 g/mol. The molecule has 1 amide bonds. The molecule has 1 unspecified atom stereocenters. The van der Waals surface area contributed by atoms with E-state index < -0.39 is 0 Å². The van der Waals surface area contributed by atoms with E-state index in [-0.39, 0.29) is 5.91 Å². The van der Waals surface area contributed by atoms with E-state index in [0.717, 1.165) is 19.5 Å². The van der Waals surface area contributed by atoms with Crippen LogP contribution >= 0.6 is 0 Å². The SMILES string of the molecule is Cc1cncn1CC1CCN(C)C(=O)C1. The van der Waals surface area contributed by atoms with Crippen molar-refractivity contribution in [1.82, 2.24) is 14.5 Å². The summed E-state index contributed by atoms with van der Waals surface area (Å²) in [6.07, 6.45) is 5.48. The van der Waals surface area contributed by atoms with Crippen LogP contribution in [0, 0.1) is 12.8 Å². The first-order valence-electron chi connectivity index (χ1n) is 5.37.